The number of rotatable bonds is 0. The van der Waals surface area contributed by atoms with E-state index in [1.807, 2.05) is 0 Å². The van der Waals surface area contributed by atoms with Crippen molar-refractivity contribution in [1.29, 1.82) is 0 Å². The monoisotopic (exact) mass is 152 g/mol. The van der Waals surface area contributed by atoms with Crippen molar-refractivity contribution in [2.24, 2.45) is 5.41 Å². The third kappa shape index (κ3) is 1.02. The maximum Gasteiger partial charge on any atom is 0.0636 e. The van der Waals surface area contributed by atoms with E-state index in [0.29, 0.717) is 0 Å². The second kappa shape index (κ2) is 2.34. The molecule has 2 aliphatic rings. The van der Waals surface area contributed by atoms with E-state index in [2.05, 4.69) is 6.58 Å². The first-order valence-electron chi connectivity index (χ1n) is 4.62. The van der Waals surface area contributed by atoms with E-state index in [9.17, 15) is 5.11 Å². The smallest absolute Gasteiger partial charge is 0.0636 e. The third-order valence-electron chi connectivity index (χ3n) is 3.35. The van der Waals surface area contributed by atoms with Crippen LogP contribution in [0.2, 0.25) is 0 Å². The zero-order chi connectivity index (χ0) is 7.90. The second-order valence-electron chi connectivity index (χ2n) is 4.05. The van der Waals surface area contributed by atoms with Gasteiger partial charge >= 0.3 is 0 Å². The normalized spacial score (nSPS) is 44.1. The van der Waals surface area contributed by atoms with E-state index < -0.39 is 0 Å². The van der Waals surface area contributed by atoms with E-state index in [1.54, 1.807) is 0 Å². The van der Waals surface area contributed by atoms with Crippen molar-refractivity contribution in [1.82, 2.24) is 0 Å². The Kier molecular flexibility index (Phi) is 1.57. The fraction of sp³-hybridized carbons (Fsp3) is 0.800. The highest BCUT2D eigenvalue weighted by Crippen LogP contribution is 2.59. The standard InChI is InChI=1S/C10H16O/c1-8-7-10(8)6-4-2-3-5-9(10)11/h9,11H,1-7H2/t9-,10+/m1/s1. The molecular formula is C10H16O. The van der Waals surface area contributed by atoms with Gasteiger partial charge in [0, 0.05) is 5.41 Å². The Morgan fingerprint density at radius 3 is 2.73 bits per heavy atom. The molecule has 0 unspecified atom stereocenters. The Morgan fingerprint density at radius 1 is 1.36 bits per heavy atom. The summed E-state index contributed by atoms with van der Waals surface area (Å²) in [6, 6.07) is 0. The lowest BCUT2D eigenvalue weighted by Crippen LogP contribution is -2.20. The number of hydrogen-bond acceptors (Lipinski definition) is 1. The molecule has 0 bridgehead atoms. The van der Waals surface area contributed by atoms with Crippen LogP contribution in [0.1, 0.15) is 38.5 Å². The molecule has 0 aromatic heterocycles. The van der Waals surface area contributed by atoms with E-state index in [1.165, 1.54) is 31.3 Å². The van der Waals surface area contributed by atoms with E-state index in [4.69, 9.17) is 0 Å². The fourth-order valence-electron chi connectivity index (χ4n) is 2.35. The van der Waals surface area contributed by atoms with Gasteiger partial charge in [-0.15, -0.1) is 0 Å². The first kappa shape index (κ1) is 7.35. The highest BCUT2D eigenvalue weighted by Gasteiger charge is 2.52. The predicted molar refractivity (Wildman–Crippen MR) is 45.3 cm³/mol. The van der Waals surface area contributed by atoms with Gasteiger partial charge in [-0.05, 0) is 19.3 Å². The molecule has 1 heteroatoms. The summed E-state index contributed by atoms with van der Waals surface area (Å²) >= 11 is 0. The van der Waals surface area contributed by atoms with Crippen molar-refractivity contribution in [3.63, 3.8) is 0 Å². The molecule has 2 aliphatic carbocycles. The molecule has 1 nitrogen and oxygen atoms in total. The molecule has 2 fully saturated rings. The van der Waals surface area contributed by atoms with Crippen molar-refractivity contribution in [3.05, 3.63) is 12.2 Å². The summed E-state index contributed by atoms with van der Waals surface area (Å²) in [5.74, 6) is 0. The maximum atomic E-state index is 9.79. The van der Waals surface area contributed by atoms with Gasteiger partial charge in [-0.25, -0.2) is 0 Å². The van der Waals surface area contributed by atoms with E-state index >= 15 is 0 Å². The molecule has 1 N–H and O–H groups in total. The van der Waals surface area contributed by atoms with Crippen molar-refractivity contribution in [2.75, 3.05) is 0 Å². The fourth-order valence-corrected chi connectivity index (χ4v) is 2.35. The lowest BCUT2D eigenvalue weighted by atomic mass is 9.93. The highest BCUT2D eigenvalue weighted by atomic mass is 16.3. The van der Waals surface area contributed by atoms with Crippen LogP contribution in [-0.4, -0.2) is 11.2 Å². The Hall–Kier alpha value is -0.300. The molecular weight excluding hydrogens is 136 g/mol. The lowest BCUT2D eigenvalue weighted by Gasteiger charge is -2.17. The molecule has 0 saturated heterocycles. The molecule has 2 atom stereocenters. The Morgan fingerprint density at radius 2 is 2.09 bits per heavy atom. The summed E-state index contributed by atoms with van der Waals surface area (Å²) in [7, 11) is 0. The number of hydrogen-bond donors (Lipinski definition) is 1. The zero-order valence-electron chi connectivity index (χ0n) is 6.97. The van der Waals surface area contributed by atoms with Gasteiger partial charge in [-0.1, -0.05) is 31.4 Å². The Bertz CT molecular complexity index is 185. The maximum absolute atomic E-state index is 9.79. The molecule has 0 aromatic carbocycles. The second-order valence-corrected chi connectivity index (χ2v) is 4.05. The molecule has 11 heavy (non-hydrogen) atoms. The molecule has 0 aromatic rings. The molecule has 2 rings (SSSR count). The van der Waals surface area contributed by atoms with Crippen LogP contribution in [0.3, 0.4) is 0 Å². The average Bonchev–Trinajstić information content (AvgIpc) is 2.65. The largest absolute Gasteiger partial charge is 0.392 e. The number of aliphatic hydroxyl groups is 1. The topological polar surface area (TPSA) is 20.2 Å². The van der Waals surface area contributed by atoms with E-state index in [-0.39, 0.29) is 11.5 Å². The minimum atomic E-state index is -0.0718. The zero-order valence-corrected chi connectivity index (χ0v) is 6.97. The minimum absolute atomic E-state index is 0.0718. The van der Waals surface area contributed by atoms with Crippen LogP contribution in [0.5, 0.6) is 0 Å². The molecule has 1 spiro atoms. The van der Waals surface area contributed by atoms with Crippen LogP contribution < -0.4 is 0 Å². The van der Waals surface area contributed by atoms with Gasteiger partial charge in [0.2, 0.25) is 0 Å². The van der Waals surface area contributed by atoms with Gasteiger partial charge in [-0.2, -0.15) is 0 Å². The van der Waals surface area contributed by atoms with Gasteiger partial charge in [0.25, 0.3) is 0 Å². The molecule has 62 valence electrons. The molecule has 2 saturated carbocycles. The van der Waals surface area contributed by atoms with Crippen LogP contribution >= 0.6 is 0 Å². The molecule has 0 aliphatic heterocycles. The third-order valence-corrected chi connectivity index (χ3v) is 3.35. The first-order valence-corrected chi connectivity index (χ1v) is 4.62. The van der Waals surface area contributed by atoms with Gasteiger partial charge in [0.05, 0.1) is 6.10 Å². The van der Waals surface area contributed by atoms with Crippen LogP contribution in [0.4, 0.5) is 0 Å². The first-order chi connectivity index (χ1) is 5.26. The highest BCUT2D eigenvalue weighted by molar-refractivity contribution is 5.32. The van der Waals surface area contributed by atoms with Gasteiger partial charge in [0.1, 0.15) is 0 Å². The van der Waals surface area contributed by atoms with Crippen molar-refractivity contribution < 1.29 is 5.11 Å². The predicted octanol–water partition coefficient (Wildman–Crippen LogP) is 2.26. The summed E-state index contributed by atoms with van der Waals surface area (Å²) < 4.78 is 0. The van der Waals surface area contributed by atoms with Gasteiger partial charge < -0.3 is 5.11 Å². The summed E-state index contributed by atoms with van der Waals surface area (Å²) in [5, 5.41) is 9.79. The van der Waals surface area contributed by atoms with Crippen molar-refractivity contribution >= 4 is 0 Å². The minimum Gasteiger partial charge on any atom is -0.392 e. The SMILES string of the molecule is C=C1C[C@@]12CCCCC[C@H]2O. The average molecular weight is 152 g/mol. The molecule has 0 amide bonds. The Labute approximate surface area is 68.1 Å². The van der Waals surface area contributed by atoms with Crippen LogP contribution in [0.25, 0.3) is 0 Å². The molecule has 0 radical (unpaired) electrons. The van der Waals surface area contributed by atoms with Gasteiger partial charge in [-0.3, -0.25) is 0 Å². The summed E-state index contributed by atoms with van der Waals surface area (Å²) in [4.78, 5) is 0. The van der Waals surface area contributed by atoms with Crippen LogP contribution in [0.15, 0.2) is 12.2 Å². The summed E-state index contributed by atoms with van der Waals surface area (Å²) in [6.07, 6.45) is 7.00. The van der Waals surface area contributed by atoms with Crippen molar-refractivity contribution in [3.8, 4) is 0 Å². The lowest BCUT2D eigenvalue weighted by molar-refractivity contribution is 0.0938. The summed E-state index contributed by atoms with van der Waals surface area (Å²) in [6.45, 7) is 3.98. The van der Waals surface area contributed by atoms with Crippen LogP contribution in [-0.2, 0) is 0 Å². The molecule has 0 heterocycles. The Balaban J connectivity index is 2.11. The quantitative estimate of drug-likeness (QED) is 0.528. The van der Waals surface area contributed by atoms with E-state index in [0.717, 1.165) is 12.8 Å². The number of aliphatic hydroxyl groups excluding tert-OH is 1. The van der Waals surface area contributed by atoms with Gasteiger partial charge in [0.15, 0.2) is 0 Å². The van der Waals surface area contributed by atoms with Crippen molar-refractivity contribution in [2.45, 2.75) is 44.6 Å². The summed E-state index contributed by atoms with van der Waals surface area (Å²) in [5.41, 5.74) is 1.49. The van der Waals surface area contributed by atoms with Crippen LogP contribution in [0, 0.1) is 5.41 Å².